The van der Waals surface area contributed by atoms with Crippen molar-refractivity contribution >= 4 is 0 Å². The molecule has 3 nitrogen and oxygen atoms in total. The molecule has 1 unspecified atom stereocenters. The Morgan fingerprint density at radius 1 is 1.11 bits per heavy atom. The third-order valence-corrected chi connectivity index (χ3v) is 4.11. The van der Waals surface area contributed by atoms with Crippen molar-refractivity contribution in [3.8, 4) is 5.69 Å². The Balaban J connectivity index is 2.02. The summed E-state index contributed by atoms with van der Waals surface area (Å²) in [6, 6.07) is 11.9. The average Bonchev–Trinajstić information content (AvgIpc) is 2.96. The number of hydrogen-bond acceptors (Lipinski definition) is 2. The van der Waals surface area contributed by atoms with Gasteiger partial charge in [0.25, 0.3) is 0 Å². The van der Waals surface area contributed by atoms with Crippen molar-refractivity contribution in [2.75, 3.05) is 0 Å². The number of aromatic nitrogens is 2. The second kappa shape index (κ2) is 4.20. The third kappa shape index (κ3) is 2.19. The van der Waals surface area contributed by atoms with E-state index in [1.54, 1.807) is 6.20 Å². The van der Waals surface area contributed by atoms with Gasteiger partial charge in [0.15, 0.2) is 0 Å². The predicted octanol–water partition coefficient (Wildman–Crippen LogP) is 3.27. The first kappa shape index (κ1) is 12.4. The number of rotatable bonds is 2. The summed E-state index contributed by atoms with van der Waals surface area (Å²) in [4.78, 5) is 0. The molecule has 1 heterocycles. The van der Waals surface area contributed by atoms with Crippen LogP contribution < -0.4 is 0 Å². The Labute approximate surface area is 113 Å². The minimum absolute atomic E-state index is 0.195. The lowest BCUT2D eigenvalue weighted by molar-refractivity contribution is 0.0271. The minimum Gasteiger partial charge on any atom is -0.384 e. The zero-order valence-electron chi connectivity index (χ0n) is 11.5. The van der Waals surface area contributed by atoms with Crippen molar-refractivity contribution in [1.82, 2.24) is 9.78 Å². The molecule has 1 fully saturated rings. The second-order valence-corrected chi connectivity index (χ2v) is 6.34. The maximum atomic E-state index is 11.0. The van der Waals surface area contributed by atoms with Crippen LogP contribution in [0.25, 0.3) is 5.69 Å². The Kier molecular flexibility index (Phi) is 2.75. The van der Waals surface area contributed by atoms with Crippen LogP contribution in [0, 0.1) is 5.41 Å². The van der Waals surface area contributed by atoms with E-state index in [0.717, 1.165) is 30.6 Å². The van der Waals surface area contributed by atoms with Gasteiger partial charge in [-0.15, -0.1) is 0 Å². The number of benzene rings is 1. The first-order valence-corrected chi connectivity index (χ1v) is 6.83. The van der Waals surface area contributed by atoms with Gasteiger partial charge in [-0.2, -0.15) is 5.10 Å². The van der Waals surface area contributed by atoms with Gasteiger partial charge in [-0.1, -0.05) is 32.0 Å². The van der Waals surface area contributed by atoms with Crippen molar-refractivity contribution in [1.29, 1.82) is 0 Å². The topological polar surface area (TPSA) is 38.1 Å². The summed E-state index contributed by atoms with van der Waals surface area (Å²) in [5.74, 6) is 0. The number of aliphatic hydroxyl groups is 1. The molecule has 1 saturated carbocycles. The fraction of sp³-hybridized carbons (Fsp3) is 0.438. The Bertz CT molecular complexity index is 573. The molecule has 1 aromatic heterocycles. The highest BCUT2D eigenvalue weighted by atomic mass is 16.3. The SMILES string of the molecule is CC1(C)CCC(O)(c2ccnn2-c2ccccc2)C1. The summed E-state index contributed by atoms with van der Waals surface area (Å²) in [5, 5.41) is 15.3. The summed E-state index contributed by atoms with van der Waals surface area (Å²) >= 11 is 0. The molecule has 0 saturated heterocycles. The molecule has 1 aromatic carbocycles. The molecule has 1 N–H and O–H groups in total. The van der Waals surface area contributed by atoms with E-state index in [1.165, 1.54) is 0 Å². The largest absolute Gasteiger partial charge is 0.384 e. The van der Waals surface area contributed by atoms with Gasteiger partial charge in [0.2, 0.25) is 0 Å². The van der Waals surface area contributed by atoms with Crippen molar-refractivity contribution in [3.05, 3.63) is 48.3 Å². The van der Waals surface area contributed by atoms with Crippen molar-refractivity contribution in [2.24, 2.45) is 5.41 Å². The summed E-state index contributed by atoms with van der Waals surface area (Å²) in [7, 11) is 0. The highest BCUT2D eigenvalue weighted by Gasteiger charge is 2.44. The number of nitrogens with zero attached hydrogens (tertiary/aromatic N) is 2. The average molecular weight is 256 g/mol. The third-order valence-electron chi connectivity index (χ3n) is 4.11. The Morgan fingerprint density at radius 3 is 2.47 bits per heavy atom. The van der Waals surface area contributed by atoms with Crippen LogP contribution in [0.2, 0.25) is 0 Å². The first-order chi connectivity index (χ1) is 9.00. The smallest absolute Gasteiger partial charge is 0.107 e. The van der Waals surface area contributed by atoms with Crippen LogP contribution in [-0.4, -0.2) is 14.9 Å². The molecule has 0 aliphatic heterocycles. The van der Waals surface area contributed by atoms with Crippen LogP contribution in [0.5, 0.6) is 0 Å². The lowest BCUT2D eigenvalue weighted by Gasteiger charge is -2.26. The lowest BCUT2D eigenvalue weighted by atomic mass is 9.88. The van der Waals surface area contributed by atoms with Crippen LogP contribution in [0.4, 0.5) is 0 Å². The Hall–Kier alpha value is -1.61. The quantitative estimate of drug-likeness (QED) is 0.895. The molecular weight excluding hydrogens is 236 g/mol. The first-order valence-electron chi connectivity index (χ1n) is 6.83. The zero-order valence-corrected chi connectivity index (χ0v) is 11.5. The van der Waals surface area contributed by atoms with Gasteiger partial charge in [0.1, 0.15) is 5.60 Å². The van der Waals surface area contributed by atoms with Crippen molar-refractivity contribution in [3.63, 3.8) is 0 Å². The normalized spacial score (nSPS) is 25.6. The summed E-state index contributed by atoms with van der Waals surface area (Å²) in [6.07, 6.45) is 4.41. The second-order valence-electron chi connectivity index (χ2n) is 6.34. The van der Waals surface area contributed by atoms with E-state index < -0.39 is 5.60 Å². The molecule has 0 bridgehead atoms. The van der Waals surface area contributed by atoms with E-state index in [-0.39, 0.29) is 5.41 Å². The molecular formula is C16H20N2O. The monoisotopic (exact) mass is 256 g/mol. The van der Waals surface area contributed by atoms with E-state index in [2.05, 4.69) is 18.9 Å². The van der Waals surface area contributed by atoms with Crippen LogP contribution in [0.15, 0.2) is 42.6 Å². The number of para-hydroxylation sites is 1. The molecule has 1 aliphatic carbocycles. The molecule has 0 spiro atoms. The molecule has 3 rings (SSSR count). The van der Waals surface area contributed by atoms with E-state index in [1.807, 2.05) is 41.1 Å². The van der Waals surface area contributed by atoms with Gasteiger partial charge in [-0.3, -0.25) is 0 Å². The van der Waals surface area contributed by atoms with Gasteiger partial charge < -0.3 is 5.11 Å². The Morgan fingerprint density at radius 2 is 1.84 bits per heavy atom. The molecule has 0 radical (unpaired) electrons. The maximum Gasteiger partial charge on any atom is 0.107 e. The molecule has 3 heteroatoms. The van der Waals surface area contributed by atoms with Crippen LogP contribution in [0.3, 0.4) is 0 Å². The van der Waals surface area contributed by atoms with Crippen LogP contribution in [-0.2, 0) is 5.60 Å². The number of hydrogen-bond donors (Lipinski definition) is 1. The highest BCUT2D eigenvalue weighted by molar-refractivity contribution is 5.34. The minimum atomic E-state index is -0.754. The molecule has 19 heavy (non-hydrogen) atoms. The summed E-state index contributed by atoms with van der Waals surface area (Å²) in [5.41, 5.74) is 1.35. The standard InChI is InChI=1S/C16H20N2O/c1-15(2)9-10-16(19,12-15)14-8-11-17-18(14)13-6-4-3-5-7-13/h3-8,11,19H,9-10,12H2,1-2H3. The molecule has 1 aliphatic rings. The molecule has 1 atom stereocenters. The van der Waals surface area contributed by atoms with Gasteiger partial charge >= 0.3 is 0 Å². The lowest BCUT2D eigenvalue weighted by Crippen LogP contribution is -2.26. The highest BCUT2D eigenvalue weighted by Crippen LogP contribution is 2.49. The van der Waals surface area contributed by atoms with E-state index >= 15 is 0 Å². The zero-order chi connectivity index (χ0) is 13.5. The van der Waals surface area contributed by atoms with E-state index in [4.69, 9.17) is 0 Å². The fourth-order valence-corrected chi connectivity index (χ4v) is 3.16. The van der Waals surface area contributed by atoms with Gasteiger partial charge in [0.05, 0.1) is 11.4 Å². The predicted molar refractivity (Wildman–Crippen MR) is 75.1 cm³/mol. The van der Waals surface area contributed by atoms with Crippen LogP contribution >= 0.6 is 0 Å². The van der Waals surface area contributed by atoms with E-state index in [9.17, 15) is 5.11 Å². The van der Waals surface area contributed by atoms with Gasteiger partial charge in [-0.25, -0.2) is 4.68 Å². The maximum absolute atomic E-state index is 11.0. The van der Waals surface area contributed by atoms with E-state index in [0.29, 0.717) is 0 Å². The molecule has 100 valence electrons. The van der Waals surface area contributed by atoms with Crippen LogP contribution in [0.1, 0.15) is 38.8 Å². The summed E-state index contributed by atoms with van der Waals surface area (Å²) < 4.78 is 1.86. The van der Waals surface area contributed by atoms with Gasteiger partial charge in [0, 0.05) is 6.20 Å². The summed E-state index contributed by atoms with van der Waals surface area (Å²) in [6.45, 7) is 4.43. The fourth-order valence-electron chi connectivity index (χ4n) is 3.16. The van der Waals surface area contributed by atoms with Crippen molar-refractivity contribution in [2.45, 2.75) is 38.7 Å². The molecule has 2 aromatic rings. The van der Waals surface area contributed by atoms with Gasteiger partial charge in [-0.05, 0) is 42.9 Å². The molecule has 0 amide bonds. The van der Waals surface area contributed by atoms with Crippen molar-refractivity contribution < 1.29 is 5.11 Å².